The highest BCUT2D eigenvalue weighted by Gasteiger charge is 2.31. The van der Waals surface area contributed by atoms with Crippen molar-refractivity contribution in [1.82, 2.24) is 14.8 Å². The lowest BCUT2D eigenvalue weighted by Crippen LogP contribution is -2.50. The molecule has 1 unspecified atom stereocenters. The Kier molecular flexibility index (Phi) is 4.06. The second-order valence-electron chi connectivity index (χ2n) is 5.60. The molecule has 3 rings (SSSR count). The van der Waals surface area contributed by atoms with Crippen molar-refractivity contribution in [2.75, 3.05) is 26.7 Å². The Hall–Kier alpha value is -2.40. The number of likely N-dealkylation sites (N-methyl/N-ethyl adjacent to an activating group) is 1. The number of hydrogen-bond donors (Lipinski definition) is 1. The van der Waals surface area contributed by atoms with Gasteiger partial charge in [0.05, 0.1) is 6.04 Å². The maximum atomic E-state index is 12.8. The third kappa shape index (κ3) is 2.80. The molecule has 5 heteroatoms. The quantitative estimate of drug-likeness (QED) is 0.914. The first-order valence-corrected chi connectivity index (χ1v) is 7.39. The predicted octanol–water partition coefficient (Wildman–Crippen LogP) is 1.50. The largest absolute Gasteiger partial charge is 0.329 e. The van der Waals surface area contributed by atoms with E-state index in [2.05, 4.69) is 9.88 Å². The summed E-state index contributed by atoms with van der Waals surface area (Å²) in [5, 5.41) is 0. The number of carbonyl (C=O) groups excluding carboxylic acids is 1. The summed E-state index contributed by atoms with van der Waals surface area (Å²) in [7, 11) is 2.05. The van der Waals surface area contributed by atoms with E-state index in [9.17, 15) is 9.59 Å². The van der Waals surface area contributed by atoms with E-state index in [4.69, 9.17) is 0 Å². The zero-order valence-electron chi connectivity index (χ0n) is 12.5. The Bertz CT molecular complexity index is 711. The zero-order chi connectivity index (χ0) is 15.5. The summed E-state index contributed by atoms with van der Waals surface area (Å²) in [5.41, 5.74) is 0.959. The number of pyridine rings is 1. The van der Waals surface area contributed by atoms with Crippen LogP contribution in [0.1, 0.15) is 22.0 Å². The minimum Gasteiger partial charge on any atom is -0.329 e. The van der Waals surface area contributed by atoms with Crippen molar-refractivity contribution < 1.29 is 4.79 Å². The van der Waals surface area contributed by atoms with Crippen LogP contribution in [-0.2, 0) is 0 Å². The number of H-pyrrole nitrogens is 1. The second-order valence-corrected chi connectivity index (χ2v) is 5.60. The molecular weight excluding hydrogens is 278 g/mol. The molecule has 1 aromatic heterocycles. The monoisotopic (exact) mass is 297 g/mol. The van der Waals surface area contributed by atoms with Gasteiger partial charge in [-0.15, -0.1) is 0 Å². The number of rotatable bonds is 2. The smallest absolute Gasteiger partial charge is 0.260 e. The third-order valence-electron chi connectivity index (χ3n) is 4.08. The van der Waals surface area contributed by atoms with E-state index in [0.29, 0.717) is 6.54 Å². The van der Waals surface area contributed by atoms with Gasteiger partial charge in [0.2, 0.25) is 0 Å². The fraction of sp³-hybridized carbons (Fsp3) is 0.294. The number of amides is 1. The molecule has 1 atom stereocenters. The number of aromatic amines is 1. The lowest BCUT2D eigenvalue weighted by Gasteiger charge is -2.40. The van der Waals surface area contributed by atoms with Crippen LogP contribution in [-0.4, -0.2) is 47.4 Å². The van der Waals surface area contributed by atoms with Crippen molar-refractivity contribution in [3.63, 3.8) is 0 Å². The summed E-state index contributed by atoms with van der Waals surface area (Å²) >= 11 is 0. The van der Waals surface area contributed by atoms with Crippen LogP contribution in [0.15, 0.2) is 53.5 Å². The second kappa shape index (κ2) is 6.15. The molecule has 1 aliphatic heterocycles. The molecule has 2 heterocycles. The maximum Gasteiger partial charge on any atom is 0.260 e. The Balaban J connectivity index is 1.95. The van der Waals surface area contributed by atoms with Gasteiger partial charge in [0.25, 0.3) is 11.5 Å². The summed E-state index contributed by atoms with van der Waals surface area (Å²) in [4.78, 5) is 31.3. The normalized spacial score (nSPS) is 19.1. The van der Waals surface area contributed by atoms with E-state index in [1.807, 2.05) is 37.4 Å². The number of aromatic nitrogens is 1. The van der Waals surface area contributed by atoms with E-state index in [0.717, 1.165) is 18.7 Å². The van der Waals surface area contributed by atoms with Gasteiger partial charge >= 0.3 is 0 Å². The van der Waals surface area contributed by atoms with Gasteiger partial charge in [-0.3, -0.25) is 9.59 Å². The molecule has 5 nitrogen and oxygen atoms in total. The molecule has 1 amide bonds. The van der Waals surface area contributed by atoms with Crippen LogP contribution < -0.4 is 5.56 Å². The van der Waals surface area contributed by atoms with Crippen molar-refractivity contribution in [1.29, 1.82) is 0 Å². The van der Waals surface area contributed by atoms with Gasteiger partial charge < -0.3 is 14.8 Å². The SMILES string of the molecule is CN1CCN(C(=O)c2ccc[nH]c2=O)C(c2ccccc2)C1. The van der Waals surface area contributed by atoms with Gasteiger partial charge in [-0.1, -0.05) is 30.3 Å². The molecule has 114 valence electrons. The minimum absolute atomic E-state index is 0.0351. The summed E-state index contributed by atoms with van der Waals surface area (Å²) in [5.74, 6) is -0.205. The Morgan fingerprint density at radius 2 is 1.91 bits per heavy atom. The van der Waals surface area contributed by atoms with E-state index in [1.54, 1.807) is 17.0 Å². The Morgan fingerprint density at radius 3 is 2.64 bits per heavy atom. The van der Waals surface area contributed by atoms with Gasteiger partial charge in [-0.2, -0.15) is 0 Å². The van der Waals surface area contributed by atoms with Crippen LogP contribution >= 0.6 is 0 Å². The number of benzene rings is 1. The summed E-state index contributed by atoms with van der Waals surface area (Å²) in [6.45, 7) is 2.18. The molecular formula is C17H19N3O2. The van der Waals surface area contributed by atoms with Crippen LogP contribution in [0.4, 0.5) is 0 Å². The van der Waals surface area contributed by atoms with Crippen LogP contribution in [0.5, 0.6) is 0 Å². The van der Waals surface area contributed by atoms with E-state index >= 15 is 0 Å². The molecule has 1 fully saturated rings. The van der Waals surface area contributed by atoms with Crippen molar-refractivity contribution in [3.8, 4) is 0 Å². The third-order valence-corrected chi connectivity index (χ3v) is 4.08. The molecule has 22 heavy (non-hydrogen) atoms. The summed E-state index contributed by atoms with van der Waals surface area (Å²) in [6, 6.07) is 13.2. The number of nitrogens with one attached hydrogen (secondary N) is 1. The van der Waals surface area contributed by atoms with Gasteiger partial charge in [0.1, 0.15) is 5.56 Å². The molecule has 2 aromatic rings. The molecule has 0 bridgehead atoms. The van der Waals surface area contributed by atoms with E-state index in [-0.39, 0.29) is 23.1 Å². The molecule has 0 saturated carbocycles. The average Bonchev–Trinajstić information content (AvgIpc) is 2.55. The molecule has 0 spiro atoms. The fourth-order valence-electron chi connectivity index (χ4n) is 2.87. The maximum absolute atomic E-state index is 12.8. The highest BCUT2D eigenvalue weighted by molar-refractivity contribution is 5.94. The van der Waals surface area contributed by atoms with Crippen LogP contribution in [0.2, 0.25) is 0 Å². The Labute approximate surface area is 129 Å². The predicted molar refractivity (Wildman–Crippen MR) is 84.8 cm³/mol. The summed E-state index contributed by atoms with van der Waals surface area (Å²) in [6.07, 6.45) is 1.54. The van der Waals surface area contributed by atoms with Crippen molar-refractivity contribution >= 4 is 5.91 Å². The van der Waals surface area contributed by atoms with E-state index in [1.165, 1.54) is 6.20 Å². The van der Waals surface area contributed by atoms with Crippen molar-refractivity contribution in [2.45, 2.75) is 6.04 Å². The molecule has 1 saturated heterocycles. The van der Waals surface area contributed by atoms with Crippen LogP contribution in [0.3, 0.4) is 0 Å². The first-order chi connectivity index (χ1) is 10.7. The summed E-state index contributed by atoms with van der Waals surface area (Å²) < 4.78 is 0. The van der Waals surface area contributed by atoms with Crippen molar-refractivity contribution in [2.24, 2.45) is 0 Å². The van der Waals surface area contributed by atoms with Gasteiger partial charge in [0.15, 0.2) is 0 Å². The number of piperazine rings is 1. The Morgan fingerprint density at radius 1 is 1.14 bits per heavy atom. The first-order valence-electron chi connectivity index (χ1n) is 7.39. The molecule has 1 aromatic carbocycles. The van der Waals surface area contributed by atoms with Gasteiger partial charge in [0, 0.05) is 25.8 Å². The minimum atomic E-state index is -0.335. The molecule has 0 radical (unpaired) electrons. The highest BCUT2D eigenvalue weighted by Crippen LogP contribution is 2.25. The van der Waals surface area contributed by atoms with Crippen LogP contribution in [0, 0.1) is 0 Å². The zero-order valence-corrected chi connectivity index (χ0v) is 12.5. The lowest BCUT2D eigenvalue weighted by molar-refractivity contribution is 0.0496. The topological polar surface area (TPSA) is 56.4 Å². The van der Waals surface area contributed by atoms with Gasteiger partial charge in [-0.25, -0.2) is 0 Å². The van der Waals surface area contributed by atoms with Gasteiger partial charge in [-0.05, 0) is 24.7 Å². The molecule has 1 N–H and O–H groups in total. The highest BCUT2D eigenvalue weighted by atomic mass is 16.2. The lowest BCUT2D eigenvalue weighted by atomic mass is 10.0. The molecule has 1 aliphatic rings. The standard InChI is InChI=1S/C17H19N3O2/c1-19-10-11-20(15(12-19)13-6-3-2-4-7-13)17(22)14-8-5-9-18-16(14)21/h2-9,15H,10-12H2,1H3,(H,18,21). The number of hydrogen-bond acceptors (Lipinski definition) is 3. The van der Waals surface area contributed by atoms with Crippen LogP contribution in [0.25, 0.3) is 0 Å². The van der Waals surface area contributed by atoms with Crippen molar-refractivity contribution in [3.05, 3.63) is 70.1 Å². The molecule has 0 aliphatic carbocycles. The van der Waals surface area contributed by atoms with E-state index < -0.39 is 0 Å². The number of nitrogens with zero attached hydrogens (tertiary/aromatic N) is 2. The average molecular weight is 297 g/mol. The number of carbonyl (C=O) groups is 1. The fourth-order valence-corrected chi connectivity index (χ4v) is 2.87. The first kappa shape index (κ1) is 14.5.